The van der Waals surface area contributed by atoms with Crippen molar-refractivity contribution in [3.63, 3.8) is 0 Å². The smallest absolute Gasteiger partial charge is 0.456 e. The zero-order chi connectivity index (χ0) is 36.7. The molecule has 0 radical (unpaired) electrons. The highest BCUT2D eigenvalue weighted by molar-refractivity contribution is 6.41. The lowest BCUT2D eigenvalue weighted by atomic mass is 10.2. The molecule has 0 aliphatic heterocycles. The van der Waals surface area contributed by atoms with Gasteiger partial charge in [0.1, 0.15) is 40.3 Å². The van der Waals surface area contributed by atoms with E-state index in [2.05, 4.69) is 15.6 Å². The summed E-state index contributed by atoms with van der Waals surface area (Å²) in [5.41, 5.74) is 3.37. The lowest BCUT2D eigenvalue weighted by Crippen LogP contribution is -2.29. The molecule has 0 aliphatic carbocycles. The Morgan fingerprint density at radius 2 is 1.29 bits per heavy atom. The minimum Gasteiger partial charge on any atom is -0.506 e. The van der Waals surface area contributed by atoms with Crippen LogP contribution in [0.3, 0.4) is 0 Å². The van der Waals surface area contributed by atoms with Crippen LogP contribution in [0.5, 0.6) is 17.2 Å². The number of hydrogen-bond donors (Lipinski definition) is 6. The van der Waals surface area contributed by atoms with E-state index >= 15 is 0 Å². The van der Waals surface area contributed by atoms with Crippen molar-refractivity contribution in [3.05, 3.63) is 96.6 Å². The molecule has 20 heteroatoms. The number of nitrogen functional groups attached to an aromatic ring is 1. The first-order valence-electron chi connectivity index (χ1n) is 12.7. The van der Waals surface area contributed by atoms with Crippen molar-refractivity contribution in [2.24, 2.45) is 10.9 Å². The number of nitrogens with zero attached hydrogens (tertiary/aromatic N) is 3. The molecule has 258 valence electrons. The SMILES string of the molecule is C/C(=N\Nc1cc(O)c(Cl)cc1F)C(=O)C(F)(F)F.Cc1cc(=O)n(-c2cc(O)c(Cl)cc2F)nc1C.NNc1cc(O)c(Cl)cc1F. The fourth-order valence-corrected chi connectivity index (χ4v) is 3.61. The Kier molecular flexibility index (Phi) is 13.5. The van der Waals surface area contributed by atoms with Gasteiger partial charge in [-0.3, -0.25) is 20.9 Å². The summed E-state index contributed by atoms with van der Waals surface area (Å²) in [5.74, 6) is -0.501. The average Bonchev–Trinajstić information content (AvgIpc) is 2.99. The van der Waals surface area contributed by atoms with E-state index in [-0.39, 0.29) is 37.9 Å². The van der Waals surface area contributed by atoms with E-state index < -0.39 is 52.1 Å². The lowest BCUT2D eigenvalue weighted by molar-refractivity contribution is -0.163. The molecule has 0 saturated carbocycles. The zero-order valence-corrected chi connectivity index (χ0v) is 26.8. The molecule has 0 fully saturated rings. The third-order valence-electron chi connectivity index (χ3n) is 5.77. The number of carbonyl (C=O) groups is 1. The number of benzene rings is 3. The van der Waals surface area contributed by atoms with Crippen LogP contribution in [0.1, 0.15) is 18.2 Å². The number of aromatic hydroxyl groups is 3. The largest absolute Gasteiger partial charge is 0.506 e. The number of nitrogens with two attached hydrogens (primary N) is 1. The van der Waals surface area contributed by atoms with Gasteiger partial charge in [-0.1, -0.05) is 34.8 Å². The van der Waals surface area contributed by atoms with Crippen molar-refractivity contribution in [2.45, 2.75) is 26.9 Å². The molecule has 0 amide bonds. The summed E-state index contributed by atoms with van der Waals surface area (Å²) < 4.78 is 76.7. The molecule has 0 bridgehead atoms. The highest BCUT2D eigenvalue weighted by Gasteiger charge is 2.40. The number of aryl methyl sites for hydroxylation is 2. The Hall–Kier alpha value is -4.71. The summed E-state index contributed by atoms with van der Waals surface area (Å²) in [6.07, 6.45) is -5.06. The van der Waals surface area contributed by atoms with Gasteiger partial charge in [-0.25, -0.2) is 13.2 Å². The van der Waals surface area contributed by atoms with Crippen LogP contribution in [-0.4, -0.2) is 42.8 Å². The van der Waals surface area contributed by atoms with Gasteiger partial charge in [0.05, 0.1) is 32.1 Å². The number of phenols is 3. The summed E-state index contributed by atoms with van der Waals surface area (Å²) >= 11 is 16.4. The molecule has 0 atom stereocenters. The maximum Gasteiger partial charge on any atom is 0.456 e. The third kappa shape index (κ3) is 10.4. The van der Waals surface area contributed by atoms with Gasteiger partial charge >= 0.3 is 6.18 Å². The Balaban J connectivity index is 0.000000259. The van der Waals surface area contributed by atoms with Crippen LogP contribution < -0.4 is 22.3 Å². The van der Waals surface area contributed by atoms with Crippen molar-refractivity contribution in [3.8, 4) is 22.9 Å². The summed E-state index contributed by atoms with van der Waals surface area (Å²) in [4.78, 5) is 22.5. The highest BCUT2D eigenvalue weighted by Crippen LogP contribution is 2.30. The molecular weight excluding hydrogens is 721 g/mol. The van der Waals surface area contributed by atoms with E-state index in [1.807, 2.05) is 5.43 Å². The van der Waals surface area contributed by atoms with Gasteiger partial charge in [0.2, 0.25) is 0 Å². The molecule has 1 heterocycles. The minimum atomic E-state index is -5.06. The number of ketones is 1. The van der Waals surface area contributed by atoms with E-state index in [1.165, 1.54) is 6.07 Å². The molecule has 3 aromatic carbocycles. The first-order chi connectivity index (χ1) is 22.2. The van der Waals surface area contributed by atoms with Crippen LogP contribution in [0.4, 0.5) is 37.7 Å². The van der Waals surface area contributed by atoms with E-state index in [9.17, 15) is 46.1 Å². The molecule has 0 unspecified atom stereocenters. The van der Waals surface area contributed by atoms with Gasteiger partial charge < -0.3 is 20.7 Å². The van der Waals surface area contributed by atoms with Crippen molar-refractivity contribution >= 4 is 57.7 Å². The van der Waals surface area contributed by atoms with Crippen molar-refractivity contribution in [1.29, 1.82) is 0 Å². The number of hydrazone groups is 1. The Morgan fingerprint density at radius 1 is 0.833 bits per heavy atom. The second-order valence-electron chi connectivity index (χ2n) is 9.27. The van der Waals surface area contributed by atoms with Gasteiger partial charge in [0.15, 0.2) is 5.82 Å². The fourth-order valence-electron chi connectivity index (χ4n) is 3.16. The maximum atomic E-state index is 13.7. The number of aromatic nitrogens is 2. The van der Waals surface area contributed by atoms with Gasteiger partial charge in [0, 0.05) is 24.3 Å². The topological polar surface area (TPSA) is 175 Å². The lowest BCUT2D eigenvalue weighted by Gasteiger charge is -2.09. The summed E-state index contributed by atoms with van der Waals surface area (Å²) in [5, 5.41) is 34.3. The molecule has 0 aliphatic rings. The number of carbonyl (C=O) groups excluding carboxylic acids is 1. The predicted octanol–water partition coefficient (Wildman–Crippen LogP) is 6.92. The quantitative estimate of drug-likeness (QED) is 0.0549. The number of nitrogens with one attached hydrogen (secondary N) is 2. The molecule has 48 heavy (non-hydrogen) atoms. The standard InChI is InChI=1S/C12H10ClFN2O2.C10H7ClF4N2O2.C6H6ClFN2O/c1-6-3-12(18)16(15-7(6)2)10-5-11(17)8(13)4-9(10)14;1-4(9(19)10(13,14)15)16-17-7-3-8(18)5(11)2-6(7)12;7-3-1-4(8)5(10-9)2-6(3)11/h3-5,17H,1-2H3;2-3,17-18H,1H3;1-2,10-11H,9H2/b;16-4+;. The average molecular weight is 744 g/mol. The van der Waals surface area contributed by atoms with Crippen LogP contribution in [0, 0.1) is 31.3 Å². The van der Waals surface area contributed by atoms with Gasteiger partial charge in [-0.2, -0.15) is 28.1 Å². The molecule has 4 rings (SSSR count). The van der Waals surface area contributed by atoms with Crippen molar-refractivity contribution in [1.82, 2.24) is 9.78 Å². The molecule has 1 aromatic heterocycles. The van der Waals surface area contributed by atoms with Crippen molar-refractivity contribution in [2.75, 3.05) is 10.9 Å². The Bertz CT molecular complexity index is 1930. The van der Waals surface area contributed by atoms with Gasteiger partial charge in [-0.15, -0.1) is 0 Å². The molecule has 7 N–H and O–H groups in total. The number of alkyl halides is 3. The summed E-state index contributed by atoms with van der Waals surface area (Å²) in [6, 6.07) is 7.02. The van der Waals surface area contributed by atoms with Crippen LogP contribution in [0.15, 0.2) is 52.4 Å². The summed E-state index contributed by atoms with van der Waals surface area (Å²) in [6.45, 7) is 4.26. The second kappa shape index (κ2) is 16.4. The molecule has 11 nitrogen and oxygen atoms in total. The number of hydrogen-bond acceptors (Lipinski definition) is 10. The third-order valence-corrected chi connectivity index (χ3v) is 6.68. The van der Waals surface area contributed by atoms with Gasteiger partial charge in [-0.05, 0) is 44.5 Å². The van der Waals surface area contributed by atoms with Crippen molar-refractivity contribution < 1.29 is 46.5 Å². The van der Waals surface area contributed by atoms with Crippen LogP contribution in [0.25, 0.3) is 5.69 Å². The first kappa shape index (κ1) is 39.5. The predicted molar refractivity (Wildman–Crippen MR) is 168 cm³/mol. The summed E-state index contributed by atoms with van der Waals surface area (Å²) in [7, 11) is 0. The molecule has 0 spiro atoms. The molecule has 4 aromatic rings. The number of halogens is 9. The monoisotopic (exact) mass is 742 g/mol. The Labute approximate surface area is 281 Å². The minimum absolute atomic E-state index is 0.00639. The zero-order valence-electron chi connectivity index (χ0n) is 24.5. The number of Topliss-reactive ketones (excluding diaryl/α,β-unsaturated/α-hetero) is 1. The highest BCUT2D eigenvalue weighted by atomic mass is 35.5. The normalized spacial score (nSPS) is 11.1. The van der Waals surface area contributed by atoms with Crippen LogP contribution >= 0.6 is 34.8 Å². The van der Waals surface area contributed by atoms with Crippen LogP contribution in [-0.2, 0) is 4.79 Å². The van der Waals surface area contributed by atoms with E-state index in [4.69, 9.17) is 45.8 Å². The van der Waals surface area contributed by atoms with Gasteiger partial charge in [0.25, 0.3) is 11.3 Å². The number of phenolic OH excluding ortho intramolecular Hbond substituents is 3. The Morgan fingerprint density at radius 3 is 1.79 bits per heavy atom. The fraction of sp³-hybridized carbons (Fsp3) is 0.143. The molecule has 0 saturated heterocycles. The van der Waals surface area contributed by atoms with Crippen LogP contribution in [0.2, 0.25) is 15.1 Å². The number of hydrazine groups is 1. The number of rotatable bonds is 5. The number of anilines is 2. The molecular formula is C28H23Cl3F6N6O5. The first-order valence-corrected chi connectivity index (χ1v) is 13.8. The van der Waals surface area contributed by atoms with E-state index in [1.54, 1.807) is 13.8 Å². The van der Waals surface area contributed by atoms with E-state index in [0.717, 1.165) is 53.6 Å². The maximum absolute atomic E-state index is 13.7. The second-order valence-corrected chi connectivity index (χ2v) is 10.5. The van der Waals surface area contributed by atoms with E-state index in [0.29, 0.717) is 5.69 Å².